The fraction of sp³-hybridized carbons (Fsp3) is 0.250. The third-order valence-electron chi connectivity index (χ3n) is 3.50. The molecule has 0 heterocycles. The van der Waals surface area contributed by atoms with E-state index in [1.165, 1.54) is 18.7 Å². The van der Waals surface area contributed by atoms with Crippen molar-refractivity contribution in [2.45, 2.75) is 24.8 Å². The monoisotopic (exact) mass is 402 g/mol. The Labute approximate surface area is 167 Å². The molecule has 2 aromatic rings. The number of ether oxygens (including phenoxy) is 2. The highest BCUT2D eigenvalue weighted by Gasteiger charge is 2.18. The molecule has 0 fully saturated rings. The lowest BCUT2D eigenvalue weighted by molar-refractivity contribution is -0.152. The Morgan fingerprint density at radius 3 is 2.32 bits per heavy atom. The predicted molar refractivity (Wildman–Crippen MR) is 106 cm³/mol. The molecule has 2 N–H and O–H groups in total. The van der Waals surface area contributed by atoms with Gasteiger partial charge in [0.25, 0.3) is 11.8 Å². The third kappa shape index (κ3) is 6.96. The van der Waals surface area contributed by atoms with Crippen LogP contribution >= 0.6 is 11.8 Å². The van der Waals surface area contributed by atoms with E-state index in [0.29, 0.717) is 12.2 Å². The summed E-state index contributed by atoms with van der Waals surface area (Å²) in [4.78, 5) is 36.6. The first-order valence-corrected chi connectivity index (χ1v) is 9.68. The maximum atomic E-state index is 12.0. The second kappa shape index (κ2) is 11.0. The molecule has 2 rings (SSSR count). The lowest BCUT2D eigenvalue weighted by Crippen LogP contribution is -2.46. The Morgan fingerprint density at radius 1 is 1.00 bits per heavy atom. The number of hydrogen-bond acceptors (Lipinski definition) is 6. The van der Waals surface area contributed by atoms with Gasteiger partial charge in [0.1, 0.15) is 5.75 Å². The minimum absolute atomic E-state index is 0.0575. The number of esters is 1. The SMILES string of the molecule is CCOc1ccc(SCC(=O)O[C@@H](C)C(=O)NNC(=O)c2ccccc2)cc1. The average Bonchev–Trinajstić information content (AvgIpc) is 2.72. The molecule has 8 heteroatoms. The maximum absolute atomic E-state index is 12.0. The fourth-order valence-electron chi connectivity index (χ4n) is 2.11. The summed E-state index contributed by atoms with van der Waals surface area (Å²) in [6.07, 6.45) is -1.04. The lowest BCUT2D eigenvalue weighted by Gasteiger charge is -2.14. The average molecular weight is 402 g/mol. The van der Waals surface area contributed by atoms with E-state index < -0.39 is 23.9 Å². The molecular weight excluding hydrogens is 380 g/mol. The molecule has 0 unspecified atom stereocenters. The Morgan fingerprint density at radius 2 is 1.68 bits per heavy atom. The lowest BCUT2D eigenvalue weighted by atomic mass is 10.2. The highest BCUT2D eigenvalue weighted by molar-refractivity contribution is 8.00. The molecule has 0 aromatic heterocycles. The summed E-state index contributed by atoms with van der Waals surface area (Å²) in [6, 6.07) is 15.8. The molecule has 2 amide bonds. The van der Waals surface area contributed by atoms with Crippen LogP contribution in [0, 0.1) is 0 Å². The second-order valence-corrected chi connectivity index (χ2v) is 6.68. The summed E-state index contributed by atoms with van der Waals surface area (Å²) >= 11 is 1.29. The number of amides is 2. The Kier molecular flexibility index (Phi) is 8.36. The zero-order valence-corrected chi connectivity index (χ0v) is 16.5. The Hall–Kier alpha value is -3.00. The van der Waals surface area contributed by atoms with Crippen LogP contribution in [0.2, 0.25) is 0 Å². The molecule has 7 nitrogen and oxygen atoms in total. The van der Waals surface area contributed by atoms with Crippen molar-refractivity contribution in [3.63, 3.8) is 0 Å². The van der Waals surface area contributed by atoms with Crippen LogP contribution in [0.25, 0.3) is 0 Å². The van der Waals surface area contributed by atoms with Crippen LogP contribution in [-0.2, 0) is 14.3 Å². The standard InChI is InChI=1S/C20H22N2O5S/c1-3-26-16-9-11-17(12-10-16)28-13-18(23)27-14(2)19(24)21-22-20(25)15-7-5-4-6-8-15/h4-12,14H,3,13H2,1-2H3,(H,21,24)(H,22,25)/t14-/m0/s1. The van der Waals surface area contributed by atoms with Gasteiger partial charge in [-0.25, -0.2) is 0 Å². The zero-order valence-electron chi connectivity index (χ0n) is 15.6. The molecule has 1 atom stereocenters. The molecule has 0 aliphatic carbocycles. The molecule has 0 saturated carbocycles. The van der Waals surface area contributed by atoms with Crippen LogP contribution in [-0.4, -0.2) is 36.2 Å². The van der Waals surface area contributed by atoms with Crippen molar-refractivity contribution in [1.82, 2.24) is 10.9 Å². The summed E-state index contributed by atoms with van der Waals surface area (Å²) in [6.45, 7) is 3.93. The highest BCUT2D eigenvalue weighted by atomic mass is 32.2. The molecule has 0 spiro atoms. The fourth-order valence-corrected chi connectivity index (χ4v) is 2.79. The third-order valence-corrected chi connectivity index (χ3v) is 4.49. The minimum atomic E-state index is -1.04. The van der Waals surface area contributed by atoms with E-state index >= 15 is 0 Å². The van der Waals surface area contributed by atoms with Gasteiger partial charge >= 0.3 is 5.97 Å². The van der Waals surface area contributed by atoms with Crippen molar-refractivity contribution >= 4 is 29.5 Å². The molecule has 0 radical (unpaired) electrons. The molecule has 148 valence electrons. The van der Waals surface area contributed by atoms with Gasteiger partial charge in [0, 0.05) is 10.5 Å². The van der Waals surface area contributed by atoms with Crippen LogP contribution in [0.1, 0.15) is 24.2 Å². The van der Waals surface area contributed by atoms with Crippen molar-refractivity contribution < 1.29 is 23.9 Å². The highest BCUT2D eigenvalue weighted by Crippen LogP contribution is 2.21. The molecule has 2 aromatic carbocycles. The zero-order chi connectivity index (χ0) is 20.4. The summed E-state index contributed by atoms with van der Waals surface area (Å²) in [5, 5.41) is 0. The van der Waals surface area contributed by atoms with Crippen molar-refractivity contribution in [3.05, 3.63) is 60.2 Å². The molecule has 0 aliphatic heterocycles. The van der Waals surface area contributed by atoms with E-state index in [0.717, 1.165) is 10.6 Å². The number of carbonyl (C=O) groups is 3. The smallest absolute Gasteiger partial charge is 0.317 e. The Bertz CT molecular complexity index is 796. The normalized spacial score (nSPS) is 11.2. The van der Waals surface area contributed by atoms with E-state index in [4.69, 9.17) is 9.47 Å². The van der Waals surface area contributed by atoms with Crippen LogP contribution in [0.3, 0.4) is 0 Å². The quantitative estimate of drug-likeness (QED) is 0.400. The summed E-state index contributed by atoms with van der Waals surface area (Å²) in [5.41, 5.74) is 4.92. The summed E-state index contributed by atoms with van der Waals surface area (Å²) in [7, 11) is 0. The van der Waals surface area contributed by atoms with Gasteiger partial charge in [-0.05, 0) is 50.2 Å². The minimum Gasteiger partial charge on any atom is -0.494 e. The second-order valence-electron chi connectivity index (χ2n) is 5.63. The number of benzene rings is 2. The van der Waals surface area contributed by atoms with Crippen LogP contribution in [0.4, 0.5) is 0 Å². The van der Waals surface area contributed by atoms with Crippen molar-refractivity contribution in [2.75, 3.05) is 12.4 Å². The Balaban J connectivity index is 1.72. The number of hydrogen-bond donors (Lipinski definition) is 2. The van der Waals surface area contributed by atoms with Crippen LogP contribution < -0.4 is 15.6 Å². The largest absolute Gasteiger partial charge is 0.494 e. The van der Waals surface area contributed by atoms with Gasteiger partial charge < -0.3 is 9.47 Å². The first-order valence-electron chi connectivity index (χ1n) is 8.70. The maximum Gasteiger partial charge on any atom is 0.317 e. The van der Waals surface area contributed by atoms with E-state index in [2.05, 4.69) is 10.9 Å². The first kappa shape index (κ1) is 21.3. The van der Waals surface area contributed by atoms with E-state index in [1.54, 1.807) is 30.3 Å². The van der Waals surface area contributed by atoms with Crippen LogP contribution in [0.5, 0.6) is 5.75 Å². The van der Waals surface area contributed by atoms with Gasteiger partial charge in [-0.15, -0.1) is 11.8 Å². The molecule has 28 heavy (non-hydrogen) atoms. The number of hydrazine groups is 1. The number of carbonyl (C=O) groups excluding carboxylic acids is 3. The molecular formula is C20H22N2O5S. The first-order chi connectivity index (χ1) is 13.5. The van der Waals surface area contributed by atoms with Gasteiger partial charge in [0.2, 0.25) is 0 Å². The van der Waals surface area contributed by atoms with Crippen molar-refractivity contribution in [1.29, 1.82) is 0 Å². The predicted octanol–water partition coefficient (Wildman–Crippen LogP) is 2.57. The van der Waals surface area contributed by atoms with Crippen molar-refractivity contribution in [3.8, 4) is 5.75 Å². The van der Waals surface area contributed by atoms with Gasteiger partial charge in [0.05, 0.1) is 12.4 Å². The summed E-state index contributed by atoms with van der Waals surface area (Å²) in [5.74, 6) is -0.794. The molecule has 0 saturated heterocycles. The van der Waals surface area contributed by atoms with Gasteiger partial charge in [-0.2, -0.15) is 0 Å². The number of rotatable bonds is 8. The van der Waals surface area contributed by atoms with Gasteiger partial charge in [-0.1, -0.05) is 18.2 Å². The summed E-state index contributed by atoms with van der Waals surface area (Å²) < 4.78 is 10.4. The molecule has 0 aliphatic rings. The van der Waals surface area contributed by atoms with E-state index in [-0.39, 0.29) is 5.75 Å². The molecule has 0 bridgehead atoms. The van der Waals surface area contributed by atoms with E-state index in [9.17, 15) is 14.4 Å². The van der Waals surface area contributed by atoms with E-state index in [1.807, 2.05) is 31.2 Å². The van der Waals surface area contributed by atoms with Crippen LogP contribution in [0.15, 0.2) is 59.5 Å². The van der Waals surface area contributed by atoms with Gasteiger partial charge in [-0.3, -0.25) is 25.2 Å². The number of nitrogens with one attached hydrogen (secondary N) is 2. The van der Waals surface area contributed by atoms with Gasteiger partial charge in [0.15, 0.2) is 6.10 Å². The number of thioether (sulfide) groups is 1. The van der Waals surface area contributed by atoms with Crippen molar-refractivity contribution in [2.24, 2.45) is 0 Å². The topological polar surface area (TPSA) is 93.7 Å².